The third-order valence-corrected chi connectivity index (χ3v) is 4.02. The van der Waals surface area contributed by atoms with Gasteiger partial charge in [0.15, 0.2) is 0 Å². The van der Waals surface area contributed by atoms with E-state index in [1.807, 2.05) is 0 Å². The number of thiocarbonyl (C=S) groups is 1. The molecule has 0 spiro atoms. The molecule has 0 fully saturated rings. The van der Waals surface area contributed by atoms with Crippen molar-refractivity contribution in [3.63, 3.8) is 0 Å². The first kappa shape index (κ1) is 20.2. The summed E-state index contributed by atoms with van der Waals surface area (Å²) in [4.78, 5) is 22.1. The molecule has 0 radical (unpaired) electrons. The molecule has 132 valence electrons. The monoisotopic (exact) mass is 351 g/mol. The first-order valence-corrected chi connectivity index (χ1v) is 8.94. The Morgan fingerprint density at radius 2 is 1.71 bits per heavy atom. The van der Waals surface area contributed by atoms with Crippen molar-refractivity contribution < 1.29 is 14.5 Å². The van der Waals surface area contributed by atoms with Crippen molar-refractivity contribution in [3.05, 3.63) is 39.9 Å². The SMILES string of the molecule is O=C(CCCCCCCCCC=S)OCc1ccccc1[N+](=O)[O-]. The Balaban J connectivity index is 2.11. The number of ether oxygens (including phenoxy) is 1. The van der Waals surface area contributed by atoms with Crippen LogP contribution in [-0.2, 0) is 16.1 Å². The molecule has 0 saturated carbocycles. The van der Waals surface area contributed by atoms with Crippen LogP contribution in [0.1, 0.15) is 63.4 Å². The molecule has 0 atom stereocenters. The maximum absolute atomic E-state index is 11.7. The van der Waals surface area contributed by atoms with E-state index in [9.17, 15) is 14.9 Å². The molecule has 5 nitrogen and oxygen atoms in total. The molecule has 1 rings (SSSR count). The fourth-order valence-corrected chi connectivity index (χ4v) is 2.59. The lowest BCUT2D eigenvalue weighted by atomic mass is 10.1. The average Bonchev–Trinajstić information content (AvgIpc) is 2.58. The summed E-state index contributed by atoms with van der Waals surface area (Å²) in [6.45, 7) is -0.0458. The maximum Gasteiger partial charge on any atom is 0.306 e. The Hall–Kier alpha value is -1.82. The molecular weight excluding hydrogens is 326 g/mol. The fourth-order valence-electron chi connectivity index (χ4n) is 2.42. The highest BCUT2D eigenvalue weighted by Gasteiger charge is 2.13. The number of carbonyl (C=O) groups is 1. The number of nitro benzene ring substituents is 1. The second-order valence-electron chi connectivity index (χ2n) is 5.73. The van der Waals surface area contributed by atoms with E-state index in [-0.39, 0.29) is 18.3 Å². The molecule has 0 aliphatic carbocycles. The molecule has 0 aliphatic rings. The van der Waals surface area contributed by atoms with Gasteiger partial charge in [-0.05, 0) is 30.7 Å². The zero-order chi connectivity index (χ0) is 17.6. The van der Waals surface area contributed by atoms with Gasteiger partial charge < -0.3 is 4.74 Å². The normalized spacial score (nSPS) is 10.3. The van der Waals surface area contributed by atoms with Gasteiger partial charge in [0, 0.05) is 12.5 Å². The van der Waals surface area contributed by atoms with Gasteiger partial charge in [0.05, 0.1) is 10.5 Å². The highest BCUT2D eigenvalue weighted by atomic mass is 32.1. The van der Waals surface area contributed by atoms with Crippen molar-refractivity contribution in [1.82, 2.24) is 0 Å². The van der Waals surface area contributed by atoms with Crippen LogP contribution >= 0.6 is 12.2 Å². The van der Waals surface area contributed by atoms with Gasteiger partial charge in [-0.25, -0.2) is 0 Å². The third kappa shape index (κ3) is 8.72. The number of hydrogen-bond acceptors (Lipinski definition) is 5. The molecule has 0 aliphatic heterocycles. The number of carbonyl (C=O) groups excluding carboxylic acids is 1. The number of esters is 1. The highest BCUT2D eigenvalue weighted by molar-refractivity contribution is 7.78. The standard InChI is InChI=1S/C18H25NO4S/c20-18(13-7-5-3-1-2-4-6-10-14-24)23-15-16-11-8-9-12-17(16)19(21)22/h8-9,11-12,14H,1-7,10,13,15H2. The summed E-state index contributed by atoms with van der Waals surface area (Å²) in [5.41, 5.74) is 0.408. The summed E-state index contributed by atoms with van der Waals surface area (Å²) in [7, 11) is 0. The van der Waals surface area contributed by atoms with E-state index >= 15 is 0 Å². The number of unbranched alkanes of at least 4 members (excludes halogenated alkanes) is 7. The van der Waals surface area contributed by atoms with Gasteiger partial charge in [0.25, 0.3) is 5.69 Å². The molecule has 0 aromatic heterocycles. The van der Waals surface area contributed by atoms with Crippen LogP contribution in [0.15, 0.2) is 24.3 Å². The second kappa shape index (κ2) is 12.6. The van der Waals surface area contributed by atoms with Crippen LogP contribution in [0.4, 0.5) is 5.69 Å². The summed E-state index contributed by atoms with van der Waals surface area (Å²) in [6.07, 6.45) is 9.09. The van der Waals surface area contributed by atoms with E-state index in [0.29, 0.717) is 12.0 Å². The average molecular weight is 351 g/mol. The first-order chi connectivity index (χ1) is 11.6. The van der Waals surface area contributed by atoms with E-state index in [2.05, 4.69) is 0 Å². The topological polar surface area (TPSA) is 69.4 Å². The molecule has 0 bridgehead atoms. The summed E-state index contributed by atoms with van der Waals surface area (Å²) in [6, 6.07) is 6.31. The zero-order valence-electron chi connectivity index (χ0n) is 13.9. The van der Waals surface area contributed by atoms with Crippen molar-refractivity contribution in [1.29, 1.82) is 0 Å². The minimum absolute atomic E-state index is 0.0149. The summed E-state index contributed by atoms with van der Waals surface area (Å²) >= 11 is 4.78. The molecule has 1 aromatic carbocycles. The Morgan fingerprint density at radius 3 is 2.38 bits per heavy atom. The summed E-state index contributed by atoms with van der Waals surface area (Å²) in [5, 5.41) is 12.7. The molecule has 0 saturated heterocycles. The van der Waals surface area contributed by atoms with Gasteiger partial charge in [0.1, 0.15) is 6.61 Å². The Bertz CT molecular complexity index is 534. The van der Waals surface area contributed by atoms with E-state index in [0.717, 1.165) is 25.7 Å². The van der Waals surface area contributed by atoms with Gasteiger partial charge in [-0.3, -0.25) is 14.9 Å². The minimum atomic E-state index is -0.462. The first-order valence-electron chi connectivity index (χ1n) is 8.46. The maximum atomic E-state index is 11.7. The minimum Gasteiger partial charge on any atom is -0.461 e. The predicted molar refractivity (Wildman–Crippen MR) is 98.1 cm³/mol. The van der Waals surface area contributed by atoms with Crippen LogP contribution < -0.4 is 0 Å². The van der Waals surface area contributed by atoms with Crippen LogP contribution in [0, 0.1) is 10.1 Å². The quantitative estimate of drug-likeness (QED) is 0.162. The number of hydrogen-bond donors (Lipinski definition) is 0. The largest absolute Gasteiger partial charge is 0.461 e. The van der Waals surface area contributed by atoms with Crippen molar-refractivity contribution >= 4 is 29.2 Å². The van der Waals surface area contributed by atoms with Crippen LogP contribution in [0.25, 0.3) is 0 Å². The zero-order valence-corrected chi connectivity index (χ0v) is 14.8. The Kier molecular flexibility index (Phi) is 10.6. The van der Waals surface area contributed by atoms with Gasteiger partial charge in [0.2, 0.25) is 0 Å². The fraction of sp³-hybridized carbons (Fsp3) is 0.556. The Labute approximate surface area is 148 Å². The Morgan fingerprint density at radius 1 is 1.08 bits per heavy atom. The number of para-hydroxylation sites is 1. The number of benzene rings is 1. The van der Waals surface area contributed by atoms with Crippen LogP contribution in [0.3, 0.4) is 0 Å². The summed E-state index contributed by atoms with van der Waals surface area (Å²) < 4.78 is 5.13. The van der Waals surface area contributed by atoms with Crippen molar-refractivity contribution in [2.45, 2.75) is 64.4 Å². The van der Waals surface area contributed by atoms with Gasteiger partial charge in [-0.1, -0.05) is 56.5 Å². The highest BCUT2D eigenvalue weighted by Crippen LogP contribution is 2.18. The molecule has 0 N–H and O–H groups in total. The van der Waals surface area contributed by atoms with E-state index in [4.69, 9.17) is 17.0 Å². The number of rotatable bonds is 13. The van der Waals surface area contributed by atoms with E-state index < -0.39 is 4.92 Å². The molecule has 0 heterocycles. The van der Waals surface area contributed by atoms with Crippen molar-refractivity contribution in [2.24, 2.45) is 0 Å². The van der Waals surface area contributed by atoms with Gasteiger partial charge in [-0.2, -0.15) is 0 Å². The lowest BCUT2D eigenvalue weighted by Gasteiger charge is -2.06. The van der Waals surface area contributed by atoms with E-state index in [1.165, 1.54) is 31.7 Å². The third-order valence-electron chi connectivity index (χ3n) is 3.78. The van der Waals surface area contributed by atoms with Crippen LogP contribution in [0.5, 0.6) is 0 Å². The molecule has 6 heteroatoms. The molecule has 0 amide bonds. The van der Waals surface area contributed by atoms with Gasteiger partial charge in [-0.15, -0.1) is 0 Å². The van der Waals surface area contributed by atoms with E-state index in [1.54, 1.807) is 23.6 Å². The number of nitrogens with zero attached hydrogens (tertiary/aromatic N) is 1. The van der Waals surface area contributed by atoms with Crippen molar-refractivity contribution in [2.75, 3.05) is 0 Å². The predicted octanol–water partition coefficient (Wildman–Crippen LogP) is 5.15. The van der Waals surface area contributed by atoms with Crippen LogP contribution in [-0.4, -0.2) is 16.3 Å². The molecular formula is C18H25NO4S. The van der Waals surface area contributed by atoms with Crippen LogP contribution in [0.2, 0.25) is 0 Å². The lowest BCUT2D eigenvalue weighted by Crippen LogP contribution is -2.06. The lowest BCUT2D eigenvalue weighted by molar-refractivity contribution is -0.385. The number of nitro groups is 1. The van der Waals surface area contributed by atoms with Gasteiger partial charge >= 0.3 is 5.97 Å². The summed E-state index contributed by atoms with van der Waals surface area (Å²) in [5.74, 6) is -0.297. The molecule has 1 aromatic rings. The second-order valence-corrected chi connectivity index (χ2v) is 6.06. The molecule has 24 heavy (non-hydrogen) atoms. The van der Waals surface area contributed by atoms with Crippen molar-refractivity contribution in [3.8, 4) is 0 Å². The molecule has 0 unspecified atom stereocenters. The smallest absolute Gasteiger partial charge is 0.306 e.